The molecule has 1 aliphatic rings. The SMILES string of the molecule is Cc1cc(=O)[nH]c2cc(NC(=O)C3CC(=O)N(c4ccc(F)cc4)C3)ccc12. The minimum atomic E-state index is -0.509. The first-order valence-electron chi connectivity index (χ1n) is 8.91. The Morgan fingerprint density at radius 3 is 2.64 bits per heavy atom. The molecule has 1 aliphatic heterocycles. The van der Waals surface area contributed by atoms with Gasteiger partial charge in [0.25, 0.3) is 0 Å². The Kier molecular flexibility index (Phi) is 4.43. The number of aryl methyl sites for hydroxylation is 1. The maximum atomic E-state index is 13.1. The highest BCUT2D eigenvalue weighted by Gasteiger charge is 2.35. The third kappa shape index (κ3) is 3.38. The number of H-pyrrole nitrogens is 1. The molecule has 0 bridgehead atoms. The molecule has 7 heteroatoms. The Balaban J connectivity index is 1.51. The van der Waals surface area contributed by atoms with Gasteiger partial charge in [0, 0.05) is 35.8 Å². The average Bonchev–Trinajstić information content (AvgIpc) is 3.04. The van der Waals surface area contributed by atoms with Crippen LogP contribution in [0.25, 0.3) is 10.9 Å². The molecule has 1 atom stereocenters. The summed E-state index contributed by atoms with van der Waals surface area (Å²) in [7, 11) is 0. The molecule has 0 radical (unpaired) electrons. The summed E-state index contributed by atoms with van der Waals surface area (Å²) in [5, 5.41) is 3.72. The minimum absolute atomic E-state index is 0.0900. The second-order valence-electron chi connectivity index (χ2n) is 6.95. The normalized spacial score (nSPS) is 16.6. The molecule has 2 N–H and O–H groups in total. The monoisotopic (exact) mass is 379 g/mol. The van der Waals surface area contributed by atoms with Crippen LogP contribution >= 0.6 is 0 Å². The predicted octanol–water partition coefficient (Wildman–Crippen LogP) is 2.97. The van der Waals surface area contributed by atoms with Gasteiger partial charge in [0.2, 0.25) is 17.4 Å². The molecule has 2 aromatic carbocycles. The number of anilines is 2. The second kappa shape index (κ2) is 6.92. The van der Waals surface area contributed by atoms with Gasteiger partial charge < -0.3 is 15.2 Å². The van der Waals surface area contributed by atoms with Crippen LogP contribution in [0.2, 0.25) is 0 Å². The standard InChI is InChI=1S/C21H18FN3O3/c1-12-8-19(26)24-18-10-15(4-7-17(12)18)23-21(28)13-9-20(27)25(11-13)16-5-2-14(22)3-6-16/h2-8,10,13H,9,11H2,1H3,(H,23,28)(H,24,26). The Morgan fingerprint density at radius 2 is 1.89 bits per heavy atom. The summed E-state index contributed by atoms with van der Waals surface area (Å²) < 4.78 is 13.1. The number of aromatic amines is 1. The molecule has 1 saturated heterocycles. The number of halogens is 1. The van der Waals surface area contributed by atoms with E-state index < -0.39 is 5.92 Å². The van der Waals surface area contributed by atoms with Crippen LogP contribution in [0.4, 0.5) is 15.8 Å². The molecule has 1 fully saturated rings. The Labute approximate surface area is 160 Å². The van der Waals surface area contributed by atoms with E-state index in [1.54, 1.807) is 12.1 Å². The van der Waals surface area contributed by atoms with Crippen molar-refractivity contribution in [3.63, 3.8) is 0 Å². The highest BCUT2D eigenvalue weighted by atomic mass is 19.1. The number of amides is 2. The van der Waals surface area contributed by atoms with E-state index in [0.29, 0.717) is 16.9 Å². The van der Waals surface area contributed by atoms with E-state index in [2.05, 4.69) is 10.3 Å². The predicted molar refractivity (Wildman–Crippen MR) is 105 cm³/mol. The smallest absolute Gasteiger partial charge is 0.248 e. The van der Waals surface area contributed by atoms with E-state index in [0.717, 1.165) is 10.9 Å². The molecule has 1 aromatic heterocycles. The molecule has 142 valence electrons. The number of benzene rings is 2. The number of nitrogens with zero attached hydrogens (tertiary/aromatic N) is 1. The quantitative estimate of drug-likeness (QED) is 0.734. The maximum Gasteiger partial charge on any atom is 0.248 e. The molecule has 6 nitrogen and oxygen atoms in total. The lowest BCUT2D eigenvalue weighted by Crippen LogP contribution is -2.28. The first-order chi connectivity index (χ1) is 13.4. The summed E-state index contributed by atoms with van der Waals surface area (Å²) >= 11 is 0. The number of nitrogens with one attached hydrogen (secondary N) is 2. The summed E-state index contributed by atoms with van der Waals surface area (Å²) in [6, 6.07) is 12.4. The van der Waals surface area contributed by atoms with E-state index in [-0.39, 0.29) is 36.2 Å². The molecule has 0 aliphatic carbocycles. The molecule has 2 amide bonds. The number of carbonyl (C=O) groups excluding carboxylic acids is 2. The van der Waals surface area contributed by atoms with Crippen molar-refractivity contribution in [3.8, 4) is 0 Å². The third-order valence-electron chi connectivity index (χ3n) is 4.95. The minimum Gasteiger partial charge on any atom is -0.326 e. The van der Waals surface area contributed by atoms with Gasteiger partial charge in [-0.05, 0) is 48.9 Å². The van der Waals surface area contributed by atoms with Crippen molar-refractivity contribution in [3.05, 3.63) is 70.3 Å². The molecule has 0 saturated carbocycles. The van der Waals surface area contributed by atoms with Gasteiger partial charge in [-0.15, -0.1) is 0 Å². The number of pyridine rings is 1. The van der Waals surface area contributed by atoms with Crippen molar-refractivity contribution in [1.82, 2.24) is 4.98 Å². The van der Waals surface area contributed by atoms with Gasteiger partial charge in [-0.1, -0.05) is 6.07 Å². The number of carbonyl (C=O) groups is 2. The van der Waals surface area contributed by atoms with Gasteiger partial charge in [-0.2, -0.15) is 0 Å². The van der Waals surface area contributed by atoms with Crippen LogP contribution in [-0.4, -0.2) is 23.3 Å². The first kappa shape index (κ1) is 17.9. The number of fused-ring (bicyclic) bond motifs is 1. The zero-order valence-corrected chi connectivity index (χ0v) is 15.2. The topological polar surface area (TPSA) is 82.3 Å². The Hall–Kier alpha value is -3.48. The van der Waals surface area contributed by atoms with Crippen molar-refractivity contribution in [2.45, 2.75) is 13.3 Å². The summed E-state index contributed by atoms with van der Waals surface area (Å²) in [4.78, 5) is 40.8. The number of hydrogen-bond donors (Lipinski definition) is 2. The van der Waals surface area contributed by atoms with Crippen LogP contribution in [0.15, 0.2) is 53.3 Å². The van der Waals surface area contributed by atoms with Crippen molar-refractivity contribution < 1.29 is 14.0 Å². The molecular weight excluding hydrogens is 361 g/mol. The van der Waals surface area contributed by atoms with E-state index >= 15 is 0 Å². The summed E-state index contributed by atoms with van der Waals surface area (Å²) in [6.45, 7) is 2.09. The molecule has 2 heterocycles. The summed E-state index contributed by atoms with van der Waals surface area (Å²) in [6.07, 6.45) is 0.0900. The Bertz CT molecular complexity index is 1140. The van der Waals surface area contributed by atoms with Crippen molar-refractivity contribution in [2.75, 3.05) is 16.8 Å². The highest BCUT2D eigenvalue weighted by Crippen LogP contribution is 2.27. The molecule has 0 spiro atoms. The van der Waals surface area contributed by atoms with Crippen LogP contribution in [0, 0.1) is 18.7 Å². The number of aromatic nitrogens is 1. The van der Waals surface area contributed by atoms with Crippen LogP contribution in [0.3, 0.4) is 0 Å². The van der Waals surface area contributed by atoms with Gasteiger partial charge in [0.05, 0.1) is 11.4 Å². The fourth-order valence-corrected chi connectivity index (χ4v) is 3.51. The fraction of sp³-hybridized carbons (Fsp3) is 0.190. The third-order valence-corrected chi connectivity index (χ3v) is 4.95. The summed E-state index contributed by atoms with van der Waals surface area (Å²) in [5.41, 5.74) is 2.41. The Morgan fingerprint density at radius 1 is 1.14 bits per heavy atom. The van der Waals surface area contributed by atoms with Crippen LogP contribution in [0.5, 0.6) is 0 Å². The van der Waals surface area contributed by atoms with E-state index in [1.165, 1.54) is 35.2 Å². The molecule has 4 rings (SSSR count). The van der Waals surface area contributed by atoms with Gasteiger partial charge in [0.1, 0.15) is 5.82 Å². The van der Waals surface area contributed by atoms with Crippen molar-refractivity contribution >= 4 is 34.1 Å². The van der Waals surface area contributed by atoms with Gasteiger partial charge >= 0.3 is 0 Å². The van der Waals surface area contributed by atoms with Crippen LogP contribution in [0.1, 0.15) is 12.0 Å². The van der Waals surface area contributed by atoms with Crippen LogP contribution < -0.4 is 15.8 Å². The van der Waals surface area contributed by atoms with Gasteiger partial charge in [-0.3, -0.25) is 14.4 Å². The van der Waals surface area contributed by atoms with Gasteiger partial charge in [-0.25, -0.2) is 4.39 Å². The summed E-state index contributed by atoms with van der Waals surface area (Å²) in [5.74, 6) is -1.34. The lowest BCUT2D eigenvalue weighted by Gasteiger charge is -2.16. The van der Waals surface area contributed by atoms with E-state index in [1.807, 2.05) is 13.0 Å². The molecule has 3 aromatic rings. The zero-order chi connectivity index (χ0) is 19.8. The van der Waals surface area contributed by atoms with E-state index in [9.17, 15) is 18.8 Å². The zero-order valence-electron chi connectivity index (χ0n) is 15.2. The first-order valence-corrected chi connectivity index (χ1v) is 8.91. The fourth-order valence-electron chi connectivity index (χ4n) is 3.51. The second-order valence-corrected chi connectivity index (χ2v) is 6.95. The molecule has 1 unspecified atom stereocenters. The average molecular weight is 379 g/mol. The van der Waals surface area contributed by atoms with Gasteiger partial charge in [0.15, 0.2) is 0 Å². The maximum absolute atomic E-state index is 13.1. The molecular formula is C21H18FN3O3. The lowest BCUT2D eigenvalue weighted by molar-refractivity contribution is -0.122. The molecule has 28 heavy (non-hydrogen) atoms. The number of hydrogen-bond acceptors (Lipinski definition) is 3. The highest BCUT2D eigenvalue weighted by molar-refractivity contribution is 6.04. The largest absolute Gasteiger partial charge is 0.326 e. The van der Waals surface area contributed by atoms with Crippen molar-refractivity contribution in [2.24, 2.45) is 5.92 Å². The van der Waals surface area contributed by atoms with E-state index in [4.69, 9.17) is 0 Å². The number of rotatable bonds is 3. The lowest BCUT2D eigenvalue weighted by atomic mass is 10.1. The van der Waals surface area contributed by atoms with Crippen molar-refractivity contribution in [1.29, 1.82) is 0 Å². The van der Waals surface area contributed by atoms with Crippen LogP contribution in [-0.2, 0) is 9.59 Å².